The van der Waals surface area contributed by atoms with Gasteiger partial charge in [-0.3, -0.25) is 9.59 Å². The van der Waals surface area contributed by atoms with Crippen molar-refractivity contribution in [1.82, 2.24) is 19.9 Å². The topological polar surface area (TPSA) is 100 Å². The second-order valence-electron chi connectivity index (χ2n) is 9.39. The average molecular weight is 522 g/mol. The number of anilines is 1. The summed E-state index contributed by atoms with van der Waals surface area (Å²) in [5, 5.41) is 2.69. The molecule has 2 aromatic heterocycles. The summed E-state index contributed by atoms with van der Waals surface area (Å²) in [6, 6.07) is 0.740. The van der Waals surface area contributed by atoms with E-state index in [0.717, 1.165) is 12.1 Å². The van der Waals surface area contributed by atoms with Crippen molar-refractivity contribution in [2.45, 2.75) is 59.0 Å². The van der Waals surface area contributed by atoms with Gasteiger partial charge in [0.2, 0.25) is 0 Å². The van der Waals surface area contributed by atoms with Crippen LogP contribution in [-0.4, -0.2) is 51.1 Å². The van der Waals surface area contributed by atoms with Gasteiger partial charge in [-0.1, -0.05) is 0 Å². The van der Waals surface area contributed by atoms with E-state index in [1.807, 2.05) is 13.8 Å². The number of nitrogens with zero attached hydrogens (tertiary/aromatic N) is 3. The number of alkyl halides is 3. The minimum Gasteiger partial charge on any atom is -0.372 e. The highest BCUT2D eigenvalue weighted by Gasteiger charge is 2.37. The molecule has 1 fully saturated rings. The number of pyridine rings is 1. The van der Waals surface area contributed by atoms with Crippen molar-refractivity contribution in [1.29, 1.82) is 0 Å². The van der Waals surface area contributed by atoms with Crippen molar-refractivity contribution in [3.05, 3.63) is 62.6 Å². The first kappa shape index (κ1) is 26.5. The summed E-state index contributed by atoms with van der Waals surface area (Å²) in [6.07, 6.45) is -3.92. The Bertz CT molecular complexity index is 1410. The SMILES string of the molecule is Cc1nc2cc(C(F)(F)F)c(C(C)Nc3ncc(C(=O)N4CC(C)OC(C)C4)cc3F)c(C)c2c(=O)[nH]1. The molecule has 3 heterocycles. The molecule has 0 spiro atoms. The Labute approximate surface area is 210 Å². The fourth-order valence-corrected chi connectivity index (χ4v) is 4.88. The van der Waals surface area contributed by atoms with Gasteiger partial charge in [0.15, 0.2) is 11.6 Å². The number of fused-ring (bicyclic) bond motifs is 1. The smallest absolute Gasteiger partial charge is 0.372 e. The van der Waals surface area contributed by atoms with Crippen molar-refractivity contribution in [2.75, 3.05) is 18.4 Å². The van der Waals surface area contributed by atoms with Crippen LogP contribution in [0, 0.1) is 19.7 Å². The van der Waals surface area contributed by atoms with E-state index in [1.165, 1.54) is 27.0 Å². The van der Waals surface area contributed by atoms with Gasteiger partial charge in [0.1, 0.15) is 5.82 Å². The van der Waals surface area contributed by atoms with Gasteiger partial charge >= 0.3 is 6.18 Å². The summed E-state index contributed by atoms with van der Waals surface area (Å²) in [5.41, 5.74) is -1.78. The van der Waals surface area contributed by atoms with E-state index < -0.39 is 35.1 Å². The van der Waals surface area contributed by atoms with Crippen LogP contribution >= 0.6 is 0 Å². The number of aryl methyl sites for hydroxylation is 2. The van der Waals surface area contributed by atoms with E-state index in [2.05, 4.69) is 20.3 Å². The van der Waals surface area contributed by atoms with Crippen LogP contribution in [0.5, 0.6) is 0 Å². The highest BCUT2D eigenvalue weighted by Crippen LogP contribution is 2.39. The van der Waals surface area contributed by atoms with Gasteiger partial charge in [0, 0.05) is 19.3 Å². The number of morpholine rings is 1. The van der Waals surface area contributed by atoms with E-state index >= 15 is 0 Å². The van der Waals surface area contributed by atoms with E-state index in [4.69, 9.17) is 4.74 Å². The summed E-state index contributed by atoms with van der Waals surface area (Å²) in [7, 11) is 0. The van der Waals surface area contributed by atoms with Crippen LogP contribution < -0.4 is 10.9 Å². The number of amides is 1. The molecule has 0 saturated carbocycles. The molecule has 1 saturated heterocycles. The number of ether oxygens (including phenoxy) is 1. The Hall–Kier alpha value is -3.54. The molecular weight excluding hydrogens is 494 g/mol. The number of rotatable bonds is 4. The molecule has 12 heteroatoms. The third-order valence-corrected chi connectivity index (χ3v) is 6.30. The van der Waals surface area contributed by atoms with E-state index in [-0.39, 0.29) is 51.4 Å². The second-order valence-corrected chi connectivity index (χ2v) is 9.39. The van der Waals surface area contributed by atoms with E-state index in [0.29, 0.717) is 13.1 Å². The number of hydrogen-bond donors (Lipinski definition) is 2. The van der Waals surface area contributed by atoms with Crippen molar-refractivity contribution in [3.8, 4) is 0 Å². The Morgan fingerprint density at radius 3 is 2.46 bits per heavy atom. The Morgan fingerprint density at radius 2 is 1.86 bits per heavy atom. The number of hydrogen-bond acceptors (Lipinski definition) is 6. The second kappa shape index (κ2) is 9.73. The predicted molar refractivity (Wildman–Crippen MR) is 129 cm³/mol. The van der Waals surface area contributed by atoms with Crippen LogP contribution in [0.2, 0.25) is 0 Å². The summed E-state index contributed by atoms with van der Waals surface area (Å²) in [6.45, 7) is 8.64. The molecule has 0 aliphatic carbocycles. The zero-order chi connectivity index (χ0) is 27.2. The van der Waals surface area contributed by atoms with Crippen LogP contribution in [0.1, 0.15) is 59.7 Å². The predicted octanol–water partition coefficient (Wildman–Crippen LogP) is 4.52. The minimum absolute atomic E-state index is 0.0165. The van der Waals surface area contributed by atoms with Gasteiger partial charge in [0.05, 0.1) is 40.3 Å². The number of aromatic nitrogens is 3. The molecule has 0 bridgehead atoms. The summed E-state index contributed by atoms with van der Waals surface area (Å²) < 4.78 is 62.7. The molecule has 3 atom stereocenters. The molecular formula is C25H27F4N5O3. The highest BCUT2D eigenvalue weighted by atomic mass is 19.4. The van der Waals surface area contributed by atoms with E-state index in [1.54, 1.807) is 4.90 Å². The number of H-pyrrole nitrogens is 1. The fourth-order valence-electron chi connectivity index (χ4n) is 4.88. The quantitative estimate of drug-likeness (QED) is 0.490. The summed E-state index contributed by atoms with van der Waals surface area (Å²) in [4.78, 5) is 37.5. The molecule has 2 N–H and O–H groups in total. The number of carbonyl (C=O) groups excluding carboxylic acids is 1. The van der Waals surface area contributed by atoms with Gasteiger partial charge in [-0.25, -0.2) is 14.4 Å². The van der Waals surface area contributed by atoms with Crippen LogP contribution in [0.15, 0.2) is 23.1 Å². The normalized spacial score (nSPS) is 19.2. The molecule has 0 radical (unpaired) electrons. The van der Waals surface area contributed by atoms with Gasteiger partial charge in [0.25, 0.3) is 11.5 Å². The maximum atomic E-state index is 15.0. The summed E-state index contributed by atoms with van der Waals surface area (Å²) in [5.74, 6) is -1.45. The van der Waals surface area contributed by atoms with Gasteiger partial charge in [-0.15, -0.1) is 0 Å². The number of carbonyl (C=O) groups is 1. The average Bonchev–Trinajstić information content (AvgIpc) is 2.77. The van der Waals surface area contributed by atoms with Crippen LogP contribution in [0.3, 0.4) is 0 Å². The molecule has 37 heavy (non-hydrogen) atoms. The lowest BCUT2D eigenvalue weighted by Gasteiger charge is -2.35. The molecule has 1 aliphatic heterocycles. The van der Waals surface area contributed by atoms with Gasteiger partial charge < -0.3 is 19.9 Å². The lowest BCUT2D eigenvalue weighted by Crippen LogP contribution is -2.48. The first-order chi connectivity index (χ1) is 17.3. The first-order valence-corrected chi connectivity index (χ1v) is 11.7. The number of nitrogens with one attached hydrogen (secondary N) is 2. The van der Waals surface area contributed by atoms with Gasteiger partial charge in [-0.05, 0) is 57.9 Å². The fraction of sp³-hybridized carbons (Fsp3) is 0.440. The first-order valence-electron chi connectivity index (χ1n) is 11.7. The molecule has 8 nitrogen and oxygen atoms in total. The Kier molecular flexibility index (Phi) is 6.97. The van der Waals surface area contributed by atoms with Crippen LogP contribution in [-0.2, 0) is 10.9 Å². The van der Waals surface area contributed by atoms with Crippen LogP contribution in [0.4, 0.5) is 23.4 Å². The molecule has 1 amide bonds. The molecule has 198 valence electrons. The maximum absolute atomic E-state index is 15.0. The van der Waals surface area contributed by atoms with Crippen molar-refractivity contribution >= 4 is 22.6 Å². The molecule has 3 unspecified atom stereocenters. The van der Waals surface area contributed by atoms with Crippen molar-refractivity contribution in [2.24, 2.45) is 0 Å². The lowest BCUT2D eigenvalue weighted by molar-refractivity contribution is -0.138. The zero-order valence-electron chi connectivity index (χ0n) is 21.0. The molecule has 1 aliphatic rings. The Balaban J connectivity index is 1.68. The maximum Gasteiger partial charge on any atom is 0.416 e. The Morgan fingerprint density at radius 1 is 1.22 bits per heavy atom. The minimum atomic E-state index is -4.75. The number of aromatic amines is 1. The number of benzene rings is 1. The highest BCUT2D eigenvalue weighted by molar-refractivity contribution is 5.94. The van der Waals surface area contributed by atoms with E-state index in [9.17, 15) is 27.2 Å². The lowest BCUT2D eigenvalue weighted by atomic mass is 9.92. The molecule has 4 rings (SSSR count). The third-order valence-electron chi connectivity index (χ3n) is 6.30. The van der Waals surface area contributed by atoms with Gasteiger partial charge in [-0.2, -0.15) is 13.2 Å². The number of halogens is 4. The zero-order valence-corrected chi connectivity index (χ0v) is 21.0. The molecule has 1 aromatic carbocycles. The van der Waals surface area contributed by atoms with Crippen molar-refractivity contribution in [3.63, 3.8) is 0 Å². The molecule has 3 aromatic rings. The summed E-state index contributed by atoms with van der Waals surface area (Å²) >= 11 is 0. The third kappa shape index (κ3) is 5.29. The van der Waals surface area contributed by atoms with Crippen LogP contribution in [0.25, 0.3) is 10.9 Å². The largest absolute Gasteiger partial charge is 0.416 e. The standard InChI is InChI=1S/C25H27F4N5O3/c1-11-9-34(10-12(2)37-11)24(36)16-6-18(26)22(30-8-16)31-14(4)20-13(3)21-19(7-17(20)25(27,28)29)32-15(5)33-23(21)35/h6-8,11-12,14H,9-10H2,1-5H3,(H,30,31)(H,32,33,35). The monoisotopic (exact) mass is 521 g/mol. The van der Waals surface area contributed by atoms with Crippen molar-refractivity contribution < 1.29 is 27.1 Å².